The van der Waals surface area contributed by atoms with Gasteiger partial charge in [0.05, 0.1) is 24.8 Å². The van der Waals surface area contributed by atoms with Crippen LogP contribution in [0.15, 0.2) is 91.0 Å². The van der Waals surface area contributed by atoms with Crippen LogP contribution in [-0.2, 0) is 32.2 Å². The van der Waals surface area contributed by atoms with Gasteiger partial charge in [0.1, 0.15) is 24.9 Å². The van der Waals surface area contributed by atoms with Gasteiger partial charge in [0, 0.05) is 0 Å². The van der Waals surface area contributed by atoms with Crippen molar-refractivity contribution in [2.75, 3.05) is 6.61 Å². The Labute approximate surface area is 193 Å². The fourth-order valence-electron chi connectivity index (χ4n) is 3.70. The van der Waals surface area contributed by atoms with Crippen molar-refractivity contribution >= 4 is 5.97 Å². The lowest BCUT2D eigenvalue weighted by Crippen LogP contribution is -2.39. The van der Waals surface area contributed by atoms with Gasteiger partial charge < -0.3 is 18.9 Å². The summed E-state index contributed by atoms with van der Waals surface area (Å²) in [4.78, 5) is 12.4. The summed E-state index contributed by atoms with van der Waals surface area (Å²) >= 11 is 0. The van der Waals surface area contributed by atoms with E-state index in [0.29, 0.717) is 18.8 Å². The van der Waals surface area contributed by atoms with Gasteiger partial charge in [-0.1, -0.05) is 78.9 Å². The standard InChI is InChI=1S/C27H25NO5/c28-16-23-25(30-17-20-10-4-1-5-11-20)26(31-18-21-12-6-2-7-13-21)24(33-23)19-32-27(29)22-14-8-3-9-15-22/h1-15,23-26H,17-19H2/t23-,24+,25-,26+/m0/s1. The van der Waals surface area contributed by atoms with E-state index in [0.717, 1.165) is 11.1 Å². The van der Waals surface area contributed by atoms with Crippen LogP contribution in [0.25, 0.3) is 0 Å². The minimum atomic E-state index is -0.838. The van der Waals surface area contributed by atoms with Gasteiger partial charge >= 0.3 is 5.97 Å². The van der Waals surface area contributed by atoms with Crippen LogP contribution in [0.1, 0.15) is 21.5 Å². The molecule has 0 N–H and O–H groups in total. The number of benzene rings is 3. The highest BCUT2D eigenvalue weighted by Crippen LogP contribution is 2.29. The highest BCUT2D eigenvalue weighted by atomic mass is 16.6. The fraction of sp³-hybridized carbons (Fsp3) is 0.259. The molecule has 168 valence electrons. The zero-order valence-corrected chi connectivity index (χ0v) is 18.1. The molecular formula is C27H25NO5. The van der Waals surface area contributed by atoms with Crippen LogP contribution in [0.3, 0.4) is 0 Å². The van der Waals surface area contributed by atoms with Gasteiger partial charge in [-0.25, -0.2) is 4.79 Å². The van der Waals surface area contributed by atoms with Crippen LogP contribution in [0, 0.1) is 11.3 Å². The predicted octanol–water partition coefficient (Wildman–Crippen LogP) is 4.31. The highest BCUT2D eigenvalue weighted by Gasteiger charge is 2.47. The van der Waals surface area contributed by atoms with E-state index in [-0.39, 0.29) is 6.61 Å². The first-order chi connectivity index (χ1) is 16.2. The maximum absolute atomic E-state index is 12.4. The summed E-state index contributed by atoms with van der Waals surface area (Å²) in [5.41, 5.74) is 2.42. The van der Waals surface area contributed by atoms with Gasteiger partial charge in [0.2, 0.25) is 0 Å². The quantitative estimate of drug-likeness (QED) is 0.459. The molecule has 0 aliphatic carbocycles. The van der Waals surface area contributed by atoms with E-state index < -0.39 is 30.4 Å². The number of nitriles is 1. The van der Waals surface area contributed by atoms with Gasteiger partial charge in [0.15, 0.2) is 6.10 Å². The normalized spacial score (nSPS) is 21.9. The molecule has 1 aliphatic heterocycles. The van der Waals surface area contributed by atoms with Crippen LogP contribution in [0.2, 0.25) is 0 Å². The van der Waals surface area contributed by atoms with Gasteiger partial charge in [-0.3, -0.25) is 0 Å². The Kier molecular flexibility index (Phi) is 7.83. The zero-order chi connectivity index (χ0) is 22.9. The first-order valence-electron chi connectivity index (χ1n) is 10.8. The third kappa shape index (κ3) is 6.05. The molecule has 6 heteroatoms. The summed E-state index contributed by atoms with van der Waals surface area (Å²) in [6.07, 6.45) is -2.68. The van der Waals surface area contributed by atoms with E-state index in [1.165, 1.54) is 0 Å². The Balaban J connectivity index is 1.46. The van der Waals surface area contributed by atoms with E-state index >= 15 is 0 Å². The second-order valence-corrected chi connectivity index (χ2v) is 7.71. The third-order valence-corrected chi connectivity index (χ3v) is 5.40. The minimum absolute atomic E-state index is 0.0451. The number of nitrogens with zero attached hydrogens (tertiary/aromatic N) is 1. The number of carbonyl (C=O) groups is 1. The van der Waals surface area contributed by atoms with E-state index in [1.54, 1.807) is 24.3 Å². The van der Waals surface area contributed by atoms with Crippen molar-refractivity contribution in [3.8, 4) is 6.07 Å². The van der Waals surface area contributed by atoms with Gasteiger partial charge in [0.25, 0.3) is 0 Å². The molecule has 4 atom stereocenters. The summed E-state index contributed by atoms with van der Waals surface area (Å²) in [7, 11) is 0. The lowest BCUT2D eigenvalue weighted by atomic mass is 10.1. The first kappa shape index (κ1) is 22.7. The molecule has 0 unspecified atom stereocenters. The van der Waals surface area contributed by atoms with E-state index in [1.807, 2.05) is 66.7 Å². The second kappa shape index (κ2) is 11.4. The number of ether oxygens (including phenoxy) is 4. The van der Waals surface area contributed by atoms with Crippen molar-refractivity contribution in [1.82, 2.24) is 0 Å². The van der Waals surface area contributed by atoms with Crippen molar-refractivity contribution < 1.29 is 23.7 Å². The van der Waals surface area contributed by atoms with Crippen molar-refractivity contribution in [3.63, 3.8) is 0 Å². The molecule has 3 aromatic rings. The van der Waals surface area contributed by atoms with Crippen molar-refractivity contribution in [2.24, 2.45) is 0 Å². The summed E-state index contributed by atoms with van der Waals surface area (Å²) in [5, 5.41) is 9.69. The molecule has 3 aromatic carbocycles. The molecule has 33 heavy (non-hydrogen) atoms. The summed E-state index contributed by atoms with van der Waals surface area (Å²) < 4.78 is 23.7. The average Bonchev–Trinajstić information content (AvgIpc) is 3.22. The monoisotopic (exact) mass is 443 g/mol. The molecule has 0 aromatic heterocycles. The summed E-state index contributed by atoms with van der Waals surface area (Å²) in [6, 6.07) is 30.3. The zero-order valence-electron chi connectivity index (χ0n) is 18.1. The van der Waals surface area contributed by atoms with Crippen LogP contribution < -0.4 is 0 Å². The molecule has 4 rings (SSSR count). The molecule has 1 saturated heterocycles. The van der Waals surface area contributed by atoms with Gasteiger partial charge in [-0.15, -0.1) is 0 Å². The van der Waals surface area contributed by atoms with E-state index in [4.69, 9.17) is 18.9 Å². The molecular weight excluding hydrogens is 418 g/mol. The van der Waals surface area contributed by atoms with Crippen LogP contribution in [0.4, 0.5) is 0 Å². The molecule has 0 amide bonds. The molecule has 0 bridgehead atoms. The third-order valence-electron chi connectivity index (χ3n) is 5.40. The average molecular weight is 443 g/mol. The summed E-state index contributed by atoms with van der Waals surface area (Å²) in [6.45, 7) is 0.590. The van der Waals surface area contributed by atoms with Gasteiger partial charge in [-0.2, -0.15) is 5.26 Å². The van der Waals surface area contributed by atoms with Gasteiger partial charge in [-0.05, 0) is 23.3 Å². The molecule has 0 saturated carbocycles. The number of hydrogen-bond acceptors (Lipinski definition) is 6. The Bertz CT molecular complexity index is 1050. The maximum atomic E-state index is 12.4. The fourth-order valence-corrected chi connectivity index (χ4v) is 3.70. The lowest BCUT2D eigenvalue weighted by Gasteiger charge is -2.24. The smallest absolute Gasteiger partial charge is 0.338 e. The Morgan fingerprint density at radius 2 is 1.30 bits per heavy atom. The minimum Gasteiger partial charge on any atom is -0.459 e. The van der Waals surface area contributed by atoms with Crippen LogP contribution in [-0.4, -0.2) is 37.0 Å². The number of esters is 1. The van der Waals surface area contributed by atoms with Crippen LogP contribution in [0.5, 0.6) is 0 Å². The number of carbonyl (C=O) groups excluding carboxylic acids is 1. The maximum Gasteiger partial charge on any atom is 0.338 e. The molecule has 6 nitrogen and oxygen atoms in total. The van der Waals surface area contributed by atoms with Crippen molar-refractivity contribution in [1.29, 1.82) is 5.26 Å². The lowest BCUT2D eigenvalue weighted by molar-refractivity contribution is -0.0837. The van der Waals surface area contributed by atoms with Crippen LogP contribution >= 0.6 is 0 Å². The van der Waals surface area contributed by atoms with Crippen molar-refractivity contribution in [3.05, 3.63) is 108 Å². The van der Waals surface area contributed by atoms with E-state index in [2.05, 4.69) is 6.07 Å². The predicted molar refractivity (Wildman–Crippen MR) is 121 cm³/mol. The molecule has 0 radical (unpaired) electrons. The van der Waals surface area contributed by atoms with E-state index in [9.17, 15) is 10.1 Å². The molecule has 1 heterocycles. The Morgan fingerprint density at radius 3 is 1.85 bits per heavy atom. The SMILES string of the molecule is N#C[C@@H]1O[C@H](COC(=O)c2ccccc2)[C@@H](OCc2ccccc2)[C@H]1OCc1ccccc1. The highest BCUT2D eigenvalue weighted by molar-refractivity contribution is 5.89. The van der Waals surface area contributed by atoms with Crippen molar-refractivity contribution in [2.45, 2.75) is 37.6 Å². The second-order valence-electron chi connectivity index (χ2n) is 7.71. The Morgan fingerprint density at radius 1 is 0.788 bits per heavy atom. The largest absolute Gasteiger partial charge is 0.459 e. The topological polar surface area (TPSA) is 77.8 Å². The first-order valence-corrected chi connectivity index (χ1v) is 10.8. The number of hydrogen-bond donors (Lipinski definition) is 0. The Hall–Kier alpha value is -3.50. The number of rotatable bonds is 9. The summed E-state index contributed by atoms with van der Waals surface area (Å²) in [5.74, 6) is -0.455. The molecule has 1 fully saturated rings. The molecule has 1 aliphatic rings. The molecule has 0 spiro atoms.